The van der Waals surface area contributed by atoms with E-state index in [-0.39, 0.29) is 11.5 Å². The highest BCUT2D eigenvalue weighted by atomic mass is 16.5. The second kappa shape index (κ2) is 9.39. The van der Waals surface area contributed by atoms with Crippen LogP contribution in [0.15, 0.2) is 24.3 Å². The van der Waals surface area contributed by atoms with Crippen LogP contribution in [-0.2, 0) is 9.59 Å². The maximum Gasteiger partial charge on any atom is 0.268 e. The van der Waals surface area contributed by atoms with Crippen molar-refractivity contribution in [2.45, 2.75) is 19.1 Å². The Hall–Kier alpha value is -3.33. The molecule has 27 heavy (non-hydrogen) atoms. The fourth-order valence-electron chi connectivity index (χ4n) is 2.34. The second-order valence-electron chi connectivity index (χ2n) is 6.02. The third-order valence-electron chi connectivity index (χ3n) is 3.91. The minimum absolute atomic E-state index is 0.161. The Morgan fingerprint density at radius 3 is 2.48 bits per heavy atom. The largest absolute Gasteiger partial charge is 0.391 e. The average molecular weight is 369 g/mol. The van der Waals surface area contributed by atoms with Gasteiger partial charge in [-0.3, -0.25) is 19.6 Å². The molecule has 1 aromatic carbocycles. The van der Waals surface area contributed by atoms with Crippen LogP contribution in [0.25, 0.3) is 0 Å². The molecule has 8 heteroatoms. The third kappa shape index (κ3) is 5.58. The standard InChI is InChI=1S/C19H19N3O5/c1-13(24)17(19(26)21-27)20-18(25)16-8-6-14(7-9-16)4-2-3-5-15-10-22(11-15)12-23/h6-9,12-13,15,17,24,27H,10-11H2,1H3,(H,20,25)(H,21,26)/t13-,17+/m1/s1. The van der Waals surface area contributed by atoms with Gasteiger partial charge in [-0.05, 0) is 43.0 Å². The summed E-state index contributed by atoms with van der Waals surface area (Å²) in [5, 5.41) is 20.5. The zero-order valence-corrected chi connectivity index (χ0v) is 14.6. The first-order valence-corrected chi connectivity index (χ1v) is 8.18. The van der Waals surface area contributed by atoms with Gasteiger partial charge in [0.15, 0.2) is 0 Å². The smallest absolute Gasteiger partial charge is 0.268 e. The van der Waals surface area contributed by atoms with E-state index in [1.165, 1.54) is 24.5 Å². The maximum atomic E-state index is 12.1. The first kappa shape index (κ1) is 20.0. The van der Waals surface area contributed by atoms with Gasteiger partial charge in [0.25, 0.3) is 11.8 Å². The number of carbonyl (C=O) groups excluding carboxylic acids is 3. The van der Waals surface area contributed by atoms with Crippen LogP contribution >= 0.6 is 0 Å². The van der Waals surface area contributed by atoms with Crippen molar-refractivity contribution in [3.8, 4) is 23.7 Å². The van der Waals surface area contributed by atoms with E-state index >= 15 is 0 Å². The summed E-state index contributed by atoms with van der Waals surface area (Å²) in [5.41, 5.74) is 2.32. The summed E-state index contributed by atoms with van der Waals surface area (Å²) in [4.78, 5) is 35.7. The summed E-state index contributed by atoms with van der Waals surface area (Å²) < 4.78 is 0. The SMILES string of the molecule is C[C@@H](O)[C@H](NC(=O)c1ccc(C#CC#CC2CN(C=O)C2)cc1)C(=O)NO. The zero-order chi connectivity index (χ0) is 19.8. The van der Waals surface area contributed by atoms with Crippen molar-refractivity contribution in [1.29, 1.82) is 0 Å². The van der Waals surface area contributed by atoms with Gasteiger partial charge < -0.3 is 15.3 Å². The van der Waals surface area contributed by atoms with Crippen LogP contribution in [0.3, 0.4) is 0 Å². The minimum Gasteiger partial charge on any atom is -0.391 e. The summed E-state index contributed by atoms with van der Waals surface area (Å²) in [6.07, 6.45) is -0.389. The summed E-state index contributed by atoms with van der Waals surface area (Å²) in [5.74, 6) is 9.95. The molecule has 0 unspecified atom stereocenters. The number of nitrogens with one attached hydrogen (secondary N) is 2. The Morgan fingerprint density at radius 1 is 1.26 bits per heavy atom. The Kier molecular flexibility index (Phi) is 6.95. The Labute approximate surface area is 156 Å². The highest BCUT2D eigenvalue weighted by Gasteiger charge is 2.25. The highest BCUT2D eigenvalue weighted by molar-refractivity contribution is 5.97. The van der Waals surface area contributed by atoms with E-state index in [2.05, 4.69) is 29.0 Å². The van der Waals surface area contributed by atoms with Gasteiger partial charge in [0, 0.05) is 24.2 Å². The number of amides is 3. The van der Waals surface area contributed by atoms with Crippen molar-refractivity contribution in [3.05, 3.63) is 35.4 Å². The molecule has 8 nitrogen and oxygen atoms in total. The summed E-state index contributed by atoms with van der Waals surface area (Å²) in [6.45, 7) is 2.58. The molecule has 3 amide bonds. The lowest BCUT2D eigenvalue weighted by Crippen LogP contribution is -2.51. The number of aliphatic hydroxyl groups excluding tert-OH is 1. The Balaban J connectivity index is 1.94. The molecular formula is C19H19N3O5. The average Bonchev–Trinajstić information content (AvgIpc) is 2.63. The van der Waals surface area contributed by atoms with Crippen molar-refractivity contribution in [2.75, 3.05) is 13.1 Å². The van der Waals surface area contributed by atoms with Crippen LogP contribution in [0.4, 0.5) is 0 Å². The van der Waals surface area contributed by atoms with Crippen LogP contribution in [0, 0.1) is 29.6 Å². The van der Waals surface area contributed by atoms with Crippen molar-refractivity contribution < 1.29 is 24.7 Å². The van der Waals surface area contributed by atoms with Crippen molar-refractivity contribution in [1.82, 2.24) is 15.7 Å². The van der Waals surface area contributed by atoms with Crippen molar-refractivity contribution >= 4 is 18.2 Å². The van der Waals surface area contributed by atoms with Gasteiger partial charge in [0.1, 0.15) is 6.04 Å². The number of carbonyl (C=O) groups is 3. The molecule has 0 spiro atoms. The molecule has 2 atom stereocenters. The van der Waals surface area contributed by atoms with E-state index in [1.807, 2.05) is 0 Å². The molecule has 0 radical (unpaired) electrons. The number of likely N-dealkylation sites (tertiary alicyclic amines) is 1. The van der Waals surface area contributed by atoms with E-state index in [4.69, 9.17) is 5.21 Å². The molecule has 0 saturated carbocycles. The number of hydroxylamine groups is 1. The molecule has 0 bridgehead atoms. The summed E-state index contributed by atoms with van der Waals surface area (Å²) in [6, 6.07) is 5.03. The molecule has 140 valence electrons. The van der Waals surface area contributed by atoms with Gasteiger partial charge in [-0.1, -0.05) is 11.8 Å². The van der Waals surface area contributed by atoms with Crippen molar-refractivity contribution in [2.24, 2.45) is 5.92 Å². The predicted molar refractivity (Wildman–Crippen MR) is 95.1 cm³/mol. The molecule has 2 rings (SSSR count). The molecule has 1 aromatic rings. The topological polar surface area (TPSA) is 119 Å². The monoisotopic (exact) mass is 369 g/mol. The molecule has 1 saturated heterocycles. The molecule has 1 heterocycles. The van der Waals surface area contributed by atoms with Crippen LogP contribution in [0.5, 0.6) is 0 Å². The normalized spacial score (nSPS) is 15.0. The van der Waals surface area contributed by atoms with Crippen LogP contribution in [0.2, 0.25) is 0 Å². The van der Waals surface area contributed by atoms with Gasteiger partial charge in [0.05, 0.1) is 12.0 Å². The van der Waals surface area contributed by atoms with Gasteiger partial charge in [-0.15, -0.1) is 0 Å². The molecular weight excluding hydrogens is 350 g/mol. The first-order chi connectivity index (χ1) is 12.9. The number of aliphatic hydroxyl groups is 1. The molecule has 4 N–H and O–H groups in total. The van der Waals surface area contributed by atoms with Gasteiger partial charge >= 0.3 is 0 Å². The van der Waals surface area contributed by atoms with Crippen LogP contribution in [-0.4, -0.2) is 58.7 Å². The van der Waals surface area contributed by atoms with Crippen molar-refractivity contribution in [3.63, 3.8) is 0 Å². The van der Waals surface area contributed by atoms with E-state index in [0.29, 0.717) is 18.7 Å². The number of nitrogens with zero attached hydrogens (tertiary/aromatic N) is 1. The van der Waals surface area contributed by atoms with E-state index < -0.39 is 24.0 Å². The van der Waals surface area contributed by atoms with E-state index in [9.17, 15) is 19.5 Å². The molecule has 1 fully saturated rings. The molecule has 0 aromatic heterocycles. The van der Waals surface area contributed by atoms with Crippen LogP contribution < -0.4 is 10.8 Å². The predicted octanol–water partition coefficient (Wildman–Crippen LogP) is -0.886. The number of hydrogen-bond donors (Lipinski definition) is 4. The number of benzene rings is 1. The lowest BCUT2D eigenvalue weighted by atomic mass is 10.0. The first-order valence-electron chi connectivity index (χ1n) is 8.18. The zero-order valence-electron chi connectivity index (χ0n) is 14.6. The lowest BCUT2D eigenvalue weighted by molar-refractivity contribution is -0.133. The number of hydrogen-bond acceptors (Lipinski definition) is 5. The Morgan fingerprint density at radius 2 is 1.93 bits per heavy atom. The summed E-state index contributed by atoms with van der Waals surface area (Å²) in [7, 11) is 0. The van der Waals surface area contributed by atoms with Gasteiger partial charge in [-0.25, -0.2) is 5.48 Å². The minimum atomic E-state index is -1.28. The molecule has 1 aliphatic heterocycles. The number of rotatable bonds is 5. The molecule has 0 aliphatic carbocycles. The Bertz CT molecular complexity index is 821. The fourth-order valence-corrected chi connectivity index (χ4v) is 2.34. The summed E-state index contributed by atoms with van der Waals surface area (Å²) >= 11 is 0. The van der Waals surface area contributed by atoms with Crippen LogP contribution in [0.1, 0.15) is 22.8 Å². The van der Waals surface area contributed by atoms with E-state index in [0.717, 1.165) is 6.41 Å². The van der Waals surface area contributed by atoms with Gasteiger partial charge in [0.2, 0.25) is 6.41 Å². The quantitative estimate of drug-likeness (QED) is 0.232. The third-order valence-corrected chi connectivity index (χ3v) is 3.91. The lowest BCUT2D eigenvalue weighted by Gasteiger charge is -2.32. The van der Waals surface area contributed by atoms with Gasteiger partial charge in [-0.2, -0.15) is 0 Å². The molecule has 1 aliphatic rings. The highest BCUT2D eigenvalue weighted by Crippen LogP contribution is 2.10. The maximum absolute atomic E-state index is 12.1. The van der Waals surface area contributed by atoms with E-state index in [1.54, 1.807) is 17.0 Å². The fraction of sp³-hybridized carbons (Fsp3) is 0.316. The second-order valence-corrected chi connectivity index (χ2v) is 6.02.